The largest absolute Gasteiger partial charge is 0.481 e. The summed E-state index contributed by atoms with van der Waals surface area (Å²) >= 11 is 6.19. The summed E-state index contributed by atoms with van der Waals surface area (Å²) in [5.41, 5.74) is 1.57. The average Bonchev–Trinajstić information content (AvgIpc) is 3.98. The summed E-state index contributed by atoms with van der Waals surface area (Å²) in [6, 6.07) is 7.73. The fourth-order valence-corrected chi connectivity index (χ4v) is 16.6. The molecule has 7 aliphatic rings. The lowest BCUT2D eigenvalue weighted by atomic mass is 9.32. The van der Waals surface area contributed by atoms with E-state index in [2.05, 4.69) is 51.1 Å². The van der Waals surface area contributed by atoms with E-state index >= 15 is 4.79 Å². The molecular formula is C51H69ClN4O5. The maximum absolute atomic E-state index is 15.6. The molecule has 2 aromatic rings. The number of ether oxygens (including phenoxy) is 1. The second-order valence-corrected chi connectivity index (χ2v) is 23.1. The van der Waals surface area contributed by atoms with Gasteiger partial charge in [0.05, 0.1) is 35.2 Å². The summed E-state index contributed by atoms with van der Waals surface area (Å²) in [6.45, 7) is 21.2. The molecular weight excluding hydrogens is 784 g/mol. The fourth-order valence-electron chi connectivity index (χ4n) is 16.4. The predicted octanol–water partition coefficient (Wildman–Crippen LogP) is 11.3. The number of nitrogens with one attached hydrogen (secondary N) is 2. The first-order valence-corrected chi connectivity index (χ1v) is 23.9. The Morgan fingerprint density at radius 3 is 2.33 bits per heavy atom. The highest BCUT2D eigenvalue weighted by molar-refractivity contribution is 6.30. The Balaban J connectivity index is 0.976. The lowest BCUT2D eigenvalue weighted by molar-refractivity contribution is -0.244. The first kappa shape index (κ1) is 42.8. The zero-order valence-corrected chi connectivity index (χ0v) is 38.4. The van der Waals surface area contributed by atoms with E-state index in [0.29, 0.717) is 41.5 Å². The van der Waals surface area contributed by atoms with Gasteiger partial charge in [0.1, 0.15) is 11.9 Å². The quantitative estimate of drug-likeness (QED) is 0.137. The molecule has 6 saturated carbocycles. The number of carboxylic acids is 1. The van der Waals surface area contributed by atoms with Gasteiger partial charge in [0.25, 0.3) is 0 Å². The van der Waals surface area contributed by atoms with Crippen LogP contribution in [-0.2, 0) is 19.1 Å². The van der Waals surface area contributed by atoms with Gasteiger partial charge in [-0.1, -0.05) is 77.4 Å². The number of hydrogen-bond donors (Lipinski definition) is 3. The zero-order valence-electron chi connectivity index (χ0n) is 37.6. The number of carboxylic acid groups (broad SMARTS) is 1. The van der Waals surface area contributed by atoms with Crippen molar-refractivity contribution in [1.29, 1.82) is 5.41 Å². The molecule has 4 unspecified atom stereocenters. The number of carbonyl (C=O) groups is 3. The van der Waals surface area contributed by atoms with Crippen LogP contribution in [0.15, 0.2) is 42.6 Å². The normalized spacial score (nSPS) is 43.5. The van der Waals surface area contributed by atoms with Gasteiger partial charge < -0.3 is 25.1 Å². The van der Waals surface area contributed by atoms with Gasteiger partial charge in [-0.3, -0.25) is 14.4 Å². The zero-order chi connectivity index (χ0) is 43.7. The molecule has 0 bridgehead atoms. The maximum Gasteiger partial charge on any atom is 0.309 e. The minimum absolute atomic E-state index is 0.0369. The highest BCUT2D eigenvalue weighted by Crippen LogP contribution is 2.78. The third-order valence-corrected chi connectivity index (χ3v) is 20.4. The first-order valence-electron chi connectivity index (χ1n) is 23.5. The third-order valence-electron chi connectivity index (χ3n) is 20.1. The molecule has 6 aliphatic carbocycles. The van der Waals surface area contributed by atoms with Crippen LogP contribution in [0.5, 0.6) is 0 Å². The van der Waals surface area contributed by atoms with Crippen LogP contribution in [0.2, 0.25) is 5.02 Å². The Kier molecular flexibility index (Phi) is 10.2. The third kappa shape index (κ3) is 5.99. The van der Waals surface area contributed by atoms with E-state index in [1.54, 1.807) is 6.21 Å². The molecule has 3 N–H and O–H groups in total. The van der Waals surface area contributed by atoms with Gasteiger partial charge in [-0.2, -0.15) is 0 Å². The van der Waals surface area contributed by atoms with Crippen LogP contribution in [0, 0.1) is 79.3 Å². The number of nitrogens with zero attached hydrogens (tertiary/aromatic N) is 2. The van der Waals surface area contributed by atoms with Crippen molar-refractivity contribution < 1.29 is 24.2 Å². The van der Waals surface area contributed by atoms with Crippen molar-refractivity contribution in [2.75, 3.05) is 6.54 Å². The summed E-state index contributed by atoms with van der Waals surface area (Å²) in [5, 5.41) is 19.3. The molecule has 0 spiro atoms. The molecule has 0 radical (unpaired) electrons. The number of carbonyl (C=O) groups excluding carboxylic acids is 2. The number of likely N-dealkylation sites (tertiary alicyclic amines) is 1. The summed E-state index contributed by atoms with van der Waals surface area (Å²) in [6.07, 6.45) is 15.0. The summed E-state index contributed by atoms with van der Waals surface area (Å²) in [7, 11) is 0. The van der Waals surface area contributed by atoms with Gasteiger partial charge >= 0.3 is 11.9 Å². The highest BCUT2D eigenvalue weighted by Gasteiger charge is 2.73. The minimum Gasteiger partial charge on any atom is -0.481 e. The van der Waals surface area contributed by atoms with Gasteiger partial charge in [-0.25, -0.2) is 4.98 Å². The summed E-state index contributed by atoms with van der Waals surface area (Å²) in [4.78, 5) is 51.8. The predicted molar refractivity (Wildman–Crippen MR) is 238 cm³/mol. The highest BCUT2D eigenvalue weighted by atomic mass is 35.5. The molecule has 61 heavy (non-hydrogen) atoms. The number of aromatic nitrogens is 2. The number of esters is 1. The van der Waals surface area contributed by atoms with Crippen molar-refractivity contribution in [3.63, 3.8) is 0 Å². The van der Waals surface area contributed by atoms with Crippen LogP contribution < -0.4 is 0 Å². The molecule has 1 aromatic heterocycles. The molecule has 330 valence electrons. The number of allylic oxidation sites excluding steroid dienone is 1. The summed E-state index contributed by atoms with van der Waals surface area (Å²) < 4.78 is 6.41. The number of aliphatic carboxylic acids is 1. The maximum atomic E-state index is 15.6. The average molecular weight is 854 g/mol. The second-order valence-electron chi connectivity index (χ2n) is 22.7. The van der Waals surface area contributed by atoms with Crippen molar-refractivity contribution >= 4 is 35.7 Å². The van der Waals surface area contributed by atoms with E-state index in [4.69, 9.17) is 26.7 Å². The topological polar surface area (TPSA) is 136 Å². The Morgan fingerprint density at radius 1 is 0.918 bits per heavy atom. The standard InChI is InChI=1S/C51H69ClN4O5/c1-29(2)32-17-22-51(45(60)56-25-9-10-37(56)42-54-27-36(55-42)30-11-13-31(52)14-12-30)24-23-49(7)33(41(32)51)15-16-39-47(5)20-19-40(48(6,28-53)38(47)18-21-50(39,49)8)61-44(59)35-26-34(43(57)58)46(35,3)4/h11-14,27-28,32-35,37-41,53H,1,9-10,15-26H2,2-8H3,(H,54,55)(H,57,58)/t32?,33-,34+,35-,37+,38?,39?,40+,41?,47+,48+,49-,50-,51+/m1/s1. The molecule has 1 amide bonds. The molecule has 1 aliphatic heterocycles. The van der Waals surface area contributed by atoms with Gasteiger partial charge in [0.2, 0.25) is 5.91 Å². The first-order chi connectivity index (χ1) is 28.8. The van der Waals surface area contributed by atoms with Gasteiger partial charge in [0.15, 0.2) is 0 Å². The van der Waals surface area contributed by atoms with Crippen LogP contribution >= 0.6 is 11.6 Å². The van der Waals surface area contributed by atoms with Crippen molar-refractivity contribution in [3.05, 3.63) is 53.5 Å². The van der Waals surface area contributed by atoms with E-state index in [1.165, 1.54) is 5.57 Å². The Morgan fingerprint density at radius 2 is 1.66 bits per heavy atom. The molecule has 10 heteroatoms. The van der Waals surface area contributed by atoms with Crippen LogP contribution in [-0.4, -0.2) is 56.7 Å². The number of fused-ring (bicyclic) bond motifs is 7. The molecule has 2 heterocycles. The van der Waals surface area contributed by atoms with Crippen LogP contribution in [0.3, 0.4) is 0 Å². The van der Waals surface area contributed by atoms with Crippen LogP contribution in [0.4, 0.5) is 0 Å². The van der Waals surface area contributed by atoms with Crippen LogP contribution in [0.1, 0.15) is 144 Å². The molecule has 9 rings (SSSR count). The number of aromatic amines is 1. The van der Waals surface area contributed by atoms with E-state index in [-0.39, 0.29) is 40.1 Å². The number of benzene rings is 1. The number of halogens is 1. The number of amides is 1. The van der Waals surface area contributed by atoms with Gasteiger partial charge in [0, 0.05) is 23.2 Å². The van der Waals surface area contributed by atoms with Gasteiger partial charge in [-0.05, 0) is 159 Å². The van der Waals surface area contributed by atoms with E-state index < -0.39 is 40.2 Å². The molecule has 1 saturated heterocycles. The second kappa shape index (κ2) is 14.5. The number of imidazole rings is 1. The molecule has 9 nitrogen and oxygen atoms in total. The molecule has 1 aromatic carbocycles. The lowest BCUT2D eigenvalue weighted by Gasteiger charge is -2.72. The van der Waals surface area contributed by atoms with Crippen LogP contribution in [0.25, 0.3) is 11.3 Å². The van der Waals surface area contributed by atoms with Crippen molar-refractivity contribution in [2.45, 2.75) is 144 Å². The number of H-pyrrole nitrogens is 1. The monoisotopic (exact) mass is 852 g/mol. The Labute approximate surface area is 368 Å². The fraction of sp³-hybridized carbons (Fsp3) is 0.706. The number of rotatable bonds is 8. The van der Waals surface area contributed by atoms with E-state index in [1.807, 2.05) is 44.3 Å². The van der Waals surface area contributed by atoms with Crippen molar-refractivity contribution in [1.82, 2.24) is 14.9 Å². The molecule has 7 fully saturated rings. The van der Waals surface area contributed by atoms with E-state index in [9.17, 15) is 14.7 Å². The Bertz CT molecular complexity index is 2130. The van der Waals surface area contributed by atoms with Gasteiger partial charge in [-0.15, -0.1) is 0 Å². The Hall–Kier alpha value is -3.46. The SMILES string of the molecule is C=C(C)C1CC[C@]2(C(=O)N3CCC[C@H]3c3ncc(-c4ccc(Cl)cc4)[nH]3)CC[C@]3(C)[C@H](CCC4[C@@]5(C)CC[C@H](OC(=O)[C@H]6C[C@@H](C(=O)O)C6(C)C)[C@@](C)(C=N)C5CC[C@]43C)C12. The minimum atomic E-state index is -0.853. The smallest absolute Gasteiger partial charge is 0.309 e. The van der Waals surface area contributed by atoms with Crippen molar-refractivity contribution in [3.8, 4) is 11.3 Å². The molecule has 14 atom stereocenters. The van der Waals surface area contributed by atoms with E-state index in [0.717, 1.165) is 94.3 Å². The number of hydrogen-bond acceptors (Lipinski definition) is 6. The van der Waals surface area contributed by atoms with Crippen molar-refractivity contribution in [2.24, 2.45) is 73.9 Å². The lowest BCUT2D eigenvalue weighted by Crippen LogP contribution is -2.68. The summed E-state index contributed by atoms with van der Waals surface area (Å²) in [5.74, 6) is 0.687.